The maximum atomic E-state index is 5.20. The van der Waals surface area contributed by atoms with E-state index in [0.717, 1.165) is 33.7 Å². The Labute approximate surface area is 375 Å². The molecule has 9 aromatic carbocycles. The van der Waals surface area contributed by atoms with Gasteiger partial charge in [-0.3, -0.25) is 4.99 Å². The van der Waals surface area contributed by atoms with E-state index in [0.29, 0.717) is 6.54 Å². The predicted molar refractivity (Wildman–Crippen MR) is 267 cm³/mol. The lowest BCUT2D eigenvalue weighted by Gasteiger charge is -2.41. The van der Waals surface area contributed by atoms with Crippen LogP contribution in [0.1, 0.15) is 33.4 Å². The van der Waals surface area contributed by atoms with Gasteiger partial charge in [-0.05, 0) is 97.1 Å². The zero-order valence-electron chi connectivity index (χ0n) is 35.2. The Morgan fingerprint density at radius 1 is 0.476 bits per heavy atom. The first-order valence-corrected chi connectivity index (χ1v) is 22.4. The number of rotatable bonds is 11. The van der Waals surface area contributed by atoms with Crippen LogP contribution in [0.25, 0.3) is 50.2 Å². The largest absolute Gasteiger partial charge is 0.388 e. The number of nitrogens with zero attached hydrogens (tertiary/aromatic N) is 1. The molecule has 0 fully saturated rings. The number of allylic oxidation sites excluding steroid dienone is 1. The molecule has 0 amide bonds. The fourth-order valence-corrected chi connectivity index (χ4v) is 10.5. The molecular formula is C60H46N2S. The van der Waals surface area contributed by atoms with Crippen LogP contribution in [0.4, 0.5) is 0 Å². The van der Waals surface area contributed by atoms with E-state index >= 15 is 0 Å². The van der Waals surface area contributed by atoms with Gasteiger partial charge >= 0.3 is 0 Å². The summed E-state index contributed by atoms with van der Waals surface area (Å²) in [7, 11) is 1.97. The highest BCUT2D eigenvalue weighted by Crippen LogP contribution is 2.60. The van der Waals surface area contributed by atoms with E-state index in [1.54, 1.807) is 0 Å². The predicted octanol–water partition coefficient (Wildman–Crippen LogP) is 15.0. The minimum atomic E-state index is -0.397. The summed E-state index contributed by atoms with van der Waals surface area (Å²) in [6.07, 6.45) is 2.17. The molecule has 0 spiro atoms. The summed E-state index contributed by atoms with van der Waals surface area (Å²) in [6, 6.07) is 85.4. The van der Waals surface area contributed by atoms with E-state index in [1.165, 1.54) is 60.5 Å². The number of hydrogen-bond donors (Lipinski definition) is 1. The molecule has 0 saturated carbocycles. The van der Waals surface area contributed by atoms with E-state index < -0.39 is 4.75 Å². The van der Waals surface area contributed by atoms with Crippen molar-refractivity contribution in [2.75, 3.05) is 7.05 Å². The molecule has 2 nitrogen and oxygen atoms in total. The summed E-state index contributed by atoms with van der Waals surface area (Å²) < 4.78 is -0.397. The average molecular weight is 827 g/mol. The molecule has 63 heavy (non-hydrogen) atoms. The van der Waals surface area contributed by atoms with Crippen molar-refractivity contribution in [2.45, 2.75) is 16.2 Å². The van der Waals surface area contributed by atoms with Gasteiger partial charge in [0.15, 0.2) is 0 Å². The van der Waals surface area contributed by atoms with Gasteiger partial charge < -0.3 is 5.32 Å². The molecule has 1 heterocycles. The van der Waals surface area contributed by atoms with E-state index in [2.05, 4.69) is 236 Å². The molecule has 0 radical (unpaired) electrons. The Hall–Kier alpha value is -7.46. The van der Waals surface area contributed by atoms with Crippen molar-refractivity contribution in [3.05, 3.63) is 276 Å². The molecule has 0 unspecified atom stereocenters. The van der Waals surface area contributed by atoms with Crippen LogP contribution in [0.5, 0.6) is 0 Å². The highest BCUT2D eigenvalue weighted by molar-refractivity contribution is 8.01. The molecule has 0 saturated heterocycles. The van der Waals surface area contributed by atoms with Crippen molar-refractivity contribution in [1.82, 2.24) is 5.32 Å². The summed E-state index contributed by atoms with van der Waals surface area (Å²) in [5.74, 6) is 0. The Morgan fingerprint density at radius 2 is 0.968 bits per heavy atom. The van der Waals surface area contributed by atoms with Gasteiger partial charge in [-0.15, -0.1) is 11.8 Å². The summed E-state index contributed by atoms with van der Waals surface area (Å²) in [5, 5.41) is 3.42. The number of fused-ring (bicyclic) bond motifs is 3. The molecule has 9 aromatic rings. The van der Waals surface area contributed by atoms with Gasteiger partial charge in [0.2, 0.25) is 0 Å². The molecule has 0 bridgehead atoms. The first-order valence-electron chi connectivity index (χ1n) is 21.6. The SMILES string of the molecule is CN/C(=C\C(=N/Cc1ccccc1)c1cccc(-c2cccc(-c3cccc(-c4cccc5c4-c4ccccc4C(c4ccccc4)(c4ccccc4)S5)c3)c2)c1)c1ccccc1. The summed E-state index contributed by atoms with van der Waals surface area (Å²) in [5.41, 5.74) is 18.8. The lowest BCUT2D eigenvalue weighted by molar-refractivity contribution is 0.888. The van der Waals surface area contributed by atoms with E-state index in [-0.39, 0.29) is 0 Å². The van der Waals surface area contributed by atoms with Gasteiger partial charge in [-0.1, -0.05) is 212 Å². The quantitative estimate of drug-likeness (QED) is 0.131. The van der Waals surface area contributed by atoms with Crippen LogP contribution in [0.2, 0.25) is 0 Å². The molecule has 1 aliphatic heterocycles. The van der Waals surface area contributed by atoms with Crippen molar-refractivity contribution in [3.63, 3.8) is 0 Å². The third-order valence-corrected chi connectivity index (χ3v) is 13.6. The molecule has 0 aliphatic carbocycles. The summed E-state index contributed by atoms with van der Waals surface area (Å²) in [6.45, 7) is 0.588. The Bertz CT molecular complexity index is 3040. The van der Waals surface area contributed by atoms with Crippen LogP contribution < -0.4 is 5.32 Å². The van der Waals surface area contributed by atoms with Gasteiger partial charge in [0.1, 0.15) is 0 Å². The second kappa shape index (κ2) is 17.9. The zero-order chi connectivity index (χ0) is 42.4. The number of hydrogen-bond acceptors (Lipinski definition) is 3. The molecular weight excluding hydrogens is 781 g/mol. The van der Waals surface area contributed by atoms with Gasteiger partial charge in [0.05, 0.1) is 17.0 Å². The Kier molecular flexibility index (Phi) is 11.2. The van der Waals surface area contributed by atoms with Crippen LogP contribution in [0.3, 0.4) is 0 Å². The fourth-order valence-electron chi connectivity index (χ4n) is 8.94. The average Bonchev–Trinajstić information content (AvgIpc) is 3.37. The van der Waals surface area contributed by atoms with E-state index in [9.17, 15) is 0 Å². The topological polar surface area (TPSA) is 24.4 Å². The summed E-state index contributed by atoms with van der Waals surface area (Å²) in [4.78, 5) is 6.47. The van der Waals surface area contributed by atoms with Gasteiger partial charge in [0, 0.05) is 28.8 Å². The fraction of sp³-hybridized carbons (Fsp3) is 0.0500. The van der Waals surface area contributed by atoms with E-state index in [1.807, 2.05) is 30.9 Å². The van der Waals surface area contributed by atoms with Crippen molar-refractivity contribution >= 4 is 23.2 Å². The molecule has 302 valence electrons. The number of aliphatic imine (C=N–C) groups is 1. The monoisotopic (exact) mass is 826 g/mol. The molecule has 0 atom stereocenters. The third kappa shape index (κ3) is 7.96. The third-order valence-electron chi connectivity index (χ3n) is 12.0. The number of benzene rings is 9. The Morgan fingerprint density at radius 3 is 1.62 bits per heavy atom. The number of nitrogens with one attached hydrogen (secondary N) is 1. The molecule has 1 aliphatic rings. The van der Waals surface area contributed by atoms with Crippen LogP contribution >= 0.6 is 11.8 Å². The number of thioether (sulfide) groups is 1. The minimum Gasteiger partial charge on any atom is -0.388 e. The van der Waals surface area contributed by atoms with Crippen LogP contribution in [-0.2, 0) is 11.3 Å². The Balaban J connectivity index is 1.02. The molecule has 1 N–H and O–H groups in total. The smallest absolute Gasteiger partial charge is 0.0960 e. The van der Waals surface area contributed by atoms with Gasteiger partial charge in [0.25, 0.3) is 0 Å². The molecule has 0 aromatic heterocycles. The first kappa shape index (κ1) is 39.7. The second-order valence-corrected chi connectivity index (χ2v) is 17.1. The van der Waals surface area contributed by atoms with Crippen molar-refractivity contribution < 1.29 is 0 Å². The maximum absolute atomic E-state index is 5.20. The minimum absolute atomic E-state index is 0.397. The van der Waals surface area contributed by atoms with Crippen LogP contribution in [-0.4, -0.2) is 12.8 Å². The van der Waals surface area contributed by atoms with Gasteiger partial charge in [-0.2, -0.15) is 0 Å². The summed E-state index contributed by atoms with van der Waals surface area (Å²) >= 11 is 1.95. The zero-order valence-corrected chi connectivity index (χ0v) is 36.0. The molecule has 10 rings (SSSR count). The lowest BCUT2D eigenvalue weighted by Crippen LogP contribution is -2.28. The maximum Gasteiger partial charge on any atom is 0.0960 e. The lowest BCUT2D eigenvalue weighted by atomic mass is 9.78. The van der Waals surface area contributed by atoms with Crippen molar-refractivity contribution in [3.8, 4) is 44.5 Å². The standard InChI is InChI=1S/C60H46N2S/c1-61-56(44-22-8-3-9-23-44)41-57(62-42-43-20-6-2-7-21-43)50-29-18-27-48(40-50)46-25-16-24-45(38-46)47-26-17-28-49(39-47)53-35-19-37-58-59(53)54-34-14-15-36-55(54)60(63-58,51-30-10-4-11-31-51)52-32-12-5-13-33-52/h2-41,61H,42H2,1H3/b56-41-,62-57+. The van der Waals surface area contributed by atoms with Crippen LogP contribution in [0, 0.1) is 0 Å². The highest BCUT2D eigenvalue weighted by Gasteiger charge is 2.43. The highest BCUT2D eigenvalue weighted by atomic mass is 32.2. The van der Waals surface area contributed by atoms with Crippen molar-refractivity contribution in [2.24, 2.45) is 4.99 Å². The van der Waals surface area contributed by atoms with Gasteiger partial charge in [-0.25, -0.2) is 0 Å². The second-order valence-electron chi connectivity index (χ2n) is 15.8. The van der Waals surface area contributed by atoms with E-state index in [4.69, 9.17) is 4.99 Å². The molecule has 3 heteroatoms. The van der Waals surface area contributed by atoms with Crippen LogP contribution in [0.15, 0.2) is 253 Å². The normalized spacial score (nSPS) is 13.2. The first-order chi connectivity index (χ1) is 31.2. The van der Waals surface area contributed by atoms with Crippen molar-refractivity contribution in [1.29, 1.82) is 0 Å².